The van der Waals surface area contributed by atoms with Crippen LogP contribution in [-0.2, 0) is 16.9 Å². The quantitative estimate of drug-likeness (QED) is 0.268. The van der Waals surface area contributed by atoms with Crippen LogP contribution in [0, 0.1) is 11.6 Å². The number of anilines is 4. The Morgan fingerprint density at radius 1 is 1.06 bits per heavy atom. The second-order valence-corrected chi connectivity index (χ2v) is 9.63. The number of sulfone groups is 1. The van der Waals surface area contributed by atoms with Gasteiger partial charge in [0, 0.05) is 65.3 Å². The lowest BCUT2D eigenvalue weighted by atomic mass is 10.2. The minimum absolute atomic E-state index is 0.257. The number of aromatic amines is 1. The van der Waals surface area contributed by atoms with Crippen molar-refractivity contribution in [1.29, 1.82) is 0 Å². The Hall–Kier alpha value is -4.58. The second kappa shape index (κ2) is 9.23. The molecule has 0 saturated heterocycles. The summed E-state index contributed by atoms with van der Waals surface area (Å²) in [6, 6.07) is 11.6. The molecule has 3 aromatic heterocycles. The summed E-state index contributed by atoms with van der Waals surface area (Å²) in [5, 5.41) is 12.2. The number of aromatic nitrogens is 5. The van der Waals surface area contributed by atoms with E-state index in [1.54, 1.807) is 24.0 Å². The monoisotopic (exact) mass is 507 g/mol. The zero-order chi connectivity index (χ0) is 25.3. The molecule has 12 heteroatoms. The average molecular weight is 508 g/mol. The molecule has 5 rings (SSSR count). The summed E-state index contributed by atoms with van der Waals surface area (Å²) in [6.07, 6.45) is 6.22. The van der Waals surface area contributed by atoms with E-state index >= 15 is 0 Å². The van der Waals surface area contributed by atoms with E-state index in [-0.39, 0.29) is 11.8 Å². The highest BCUT2D eigenvalue weighted by Gasteiger charge is 2.17. The number of H-pyrrole nitrogens is 1. The largest absolute Gasteiger partial charge is 0.361 e. The molecule has 5 aromatic rings. The third-order valence-electron chi connectivity index (χ3n) is 5.21. The van der Waals surface area contributed by atoms with Crippen molar-refractivity contribution in [2.75, 3.05) is 10.6 Å². The van der Waals surface area contributed by atoms with Gasteiger partial charge in [-0.25, -0.2) is 22.2 Å². The van der Waals surface area contributed by atoms with E-state index in [4.69, 9.17) is 0 Å². The van der Waals surface area contributed by atoms with Crippen molar-refractivity contribution in [2.45, 2.75) is 4.90 Å². The van der Waals surface area contributed by atoms with Crippen molar-refractivity contribution < 1.29 is 17.2 Å². The maximum absolute atomic E-state index is 14.1. The molecule has 0 amide bonds. The molecule has 182 valence electrons. The van der Waals surface area contributed by atoms with E-state index in [0.29, 0.717) is 17.4 Å². The van der Waals surface area contributed by atoms with Gasteiger partial charge in [0.05, 0.1) is 0 Å². The van der Waals surface area contributed by atoms with Gasteiger partial charge >= 0.3 is 0 Å². The molecule has 0 aliphatic heterocycles. The van der Waals surface area contributed by atoms with Crippen LogP contribution in [0.15, 0.2) is 77.4 Å². The van der Waals surface area contributed by atoms with Crippen LogP contribution < -0.4 is 10.6 Å². The Kier molecular flexibility index (Phi) is 5.94. The summed E-state index contributed by atoms with van der Waals surface area (Å²) in [6.45, 7) is 0. The van der Waals surface area contributed by atoms with Crippen LogP contribution in [-0.4, -0.2) is 33.2 Å². The Labute approximate surface area is 204 Å². The summed E-state index contributed by atoms with van der Waals surface area (Å²) in [4.78, 5) is 11.3. The molecule has 9 nitrogen and oxygen atoms in total. The van der Waals surface area contributed by atoms with Gasteiger partial charge in [0.15, 0.2) is 5.82 Å². The molecule has 3 heterocycles. The summed E-state index contributed by atoms with van der Waals surface area (Å²) >= 11 is 0. The van der Waals surface area contributed by atoms with Gasteiger partial charge in [-0.2, -0.15) is 10.1 Å². The fourth-order valence-corrected chi connectivity index (χ4v) is 4.54. The third kappa shape index (κ3) is 4.93. The normalized spacial score (nSPS) is 11.9. The van der Waals surface area contributed by atoms with Crippen LogP contribution in [0.1, 0.15) is 5.56 Å². The fraction of sp³-hybridized carbons (Fsp3) is 0.0417. The molecule has 0 atom stereocenters. The molecule has 3 N–H and O–H groups in total. The minimum atomic E-state index is -4.21. The number of nitrogens with one attached hydrogen (secondary N) is 3. The van der Waals surface area contributed by atoms with Crippen LogP contribution >= 0.6 is 0 Å². The summed E-state index contributed by atoms with van der Waals surface area (Å²) in [7, 11) is -2.46. The molecular formula is C24H19F2N7O2S. The van der Waals surface area contributed by atoms with E-state index in [1.165, 1.54) is 12.3 Å². The number of hydrogen-bond acceptors (Lipinski definition) is 7. The molecule has 0 unspecified atom stereocenters. The van der Waals surface area contributed by atoms with Gasteiger partial charge in [-0.3, -0.25) is 4.68 Å². The molecule has 0 aliphatic carbocycles. The first-order chi connectivity index (χ1) is 17.3. The van der Waals surface area contributed by atoms with Gasteiger partial charge in [0.2, 0.25) is 15.8 Å². The van der Waals surface area contributed by atoms with E-state index in [9.17, 15) is 17.2 Å². The standard InChI is InChI=1S/C24H19F2N7O2S/c1-33-10-7-22(32-33)30-23-16(8-11-36(34,35)21-5-2-17(25)13-19(21)26)14-28-24(31-23)29-18-3-4-20-15(12-18)6-9-27-20/h2-14,27H,1H3,(H2,28,29,30,31,32). The molecule has 0 aliphatic rings. The van der Waals surface area contributed by atoms with Crippen molar-refractivity contribution in [3.63, 3.8) is 0 Å². The number of aryl methyl sites for hydroxylation is 1. The van der Waals surface area contributed by atoms with Crippen molar-refractivity contribution in [3.8, 4) is 0 Å². The van der Waals surface area contributed by atoms with Crippen LogP contribution in [0.2, 0.25) is 0 Å². The number of fused-ring (bicyclic) bond motifs is 1. The third-order valence-corrected chi connectivity index (χ3v) is 6.65. The van der Waals surface area contributed by atoms with Crippen LogP contribution in [0.25, 0.3) is 17.0 Å². The van der Waals surface area contributed by atoms with E-state index < -0.39 is 26.4 Å². The Balaban J connectivity index is 1.48. The fourth-order valence-electron chi connectivity index (χ4n) is 3.48. The molecule has 0 saturated carbocycles. The van der Waals surface area contributed by atoms with Crippen LogP contribution in [0.5, 0.6) is 0 Å². The lowest BCUT2D eigenvalue weighted by molar-refractivity contribution is 0.552. The van der Waals surface area contributed by atoms with Crippen LogP contribution in [0.3, 0.4) is 0 Å². The van der Waals surface area contributed by atoms with E-state index in [1.807, 2.05) is 30.5 Å². The highest BCUT2D eigenvalue weighted by molar-refractivity contribution is 7.94. The van der Waals surface area contributed by atoms with Crippen LogP contribution in [0.4, 0.5) is 32.1 Å². The Morgan fingerprint density at radius 3 is 2.69 bits per heavy atom. The van der Waals surface area contributed by atoms with Gasteiger partial charge in [0.25, 0.3) is 0 Å². The smallest absolute Gasteiger partial charge is 0.229 e. The van der Waals surface area contributed by atoms with Crippen molar-refractivity contribution in [2.24, 2.45) is 7.05 Å². The Bertz CT molecular complexity index is 1710. The summed E-state index contributed by atoms with van der Waals surface area (Å²) in [5.41, 5.74) is 2.04. The molecule has 36 heavy (non-hydrogen) atoms. The van der Waals surface area contributed by atoms with Gasteiger partial charge < -0.3 is 15.6 Å². The lowest BCUT2D eigenvalue weighted by Gasteiger charge is -2.10. The van der Waals surface area contributed by atoms with Gasteiger partial charge in [0.1, 0.15) is 22.3 Å². The molecule has 0 bridgehead atoms. The highest BCUT2D eigenvalue weighted by atomic mass is 32.2. The van der Waals surface area contributed by atoms with Crippen molar-refractivity contribution in [3.05, 3.63) is 89.7 Å². The van der Waals surface area contributed by atoms with Gasteiger partial charge in [-0.05, 0) is 42.5 Å². The topological polar surface area (TPSA) is 118 Å². The molecule has 2 aromatic carbocycles. The van der Waals surface area contributed by atoms with Crippen molar-refractivity contribution >= 4 is 50.1 Å². The summed E-state index contributed by atoms with van der Waals surface area (Å²) < 4.78 is 54.2. The number of hydrogen-bond donors (Lipinski definition) is 3. The van der Waals surface area contributed by atoms with E-state index in [2.05, 4.69) is 30.7 Å². The average Bonchev–Trinajstić information content (AvgIpc) is 3.46. The summed E-state index contributed by atoms with van der Waals surface area (Å²) in [5.74, 6) is -1.06. The molecule has 0 radical (unpaired) electrons. The highest BCUT2D eigenvalue weighted by Crippen LogP contribution is 2.25. The zero-order valence-corrected chi connectivity index (χ0v) is 19.6. The van der Waals surface area contributed by atoms with Gasteiger partial charge in [-0.1, -0.05) is 0 Å². The molecular weight excluding hydrogens is 488 g/mol. The van der Waals surface area contributed by atoms with E-state index in [0.717, 1.165) is 34.1 Å². The molecule has 0 spiro atoms. The number of rotatable bonds is 7. The van der Waals surface area contributed by atoms with Gasteiger partial charge in [-0.15, -0.1) is 0 Å². The first-order valence-electron chi connectivity index (χ1n) is 10.6. The first kappa shape index (κ1) is 23.2. The Morgan fingerprint density at radius 2 is 1.92 bits per heavy atom. The maximum Gasteiger partial charge on any atom is 0.229 e. The first-order valence-corrected chi connectivity index (χ1v) is 12.2. The number of benzene rings is 2. The molecule has 0 fully saturated rings. The number of halogens is 2. The lowest BCUT2D eigenvalue weighted by Crippen LogP contribution is -2.04. The zero-order valence-electron chi connectivity index (χ0n) is 18.8. The second-order valence-electron chi connectivity index (χ2n) is 7.82. The number of nitrogens with zero attached hydrogens (tertiary/aromatic N) is 4. The predicted octanol–water partition coefficient (Wildman–Crippen LogP) is 4.90. The maximum atomic E-state index is 14.1. The minimum Gasteiger partial charge on any atom is -0.361 e. The predicted molar refractivity (Wildman–Crippen MR) is 133 cm³/mol. The van der Waals surface area contributed by atoms with Crippen molar-refractivity contribution in [1.82, 2.24) is 24.7 Å². The SMILES string of the molecule is Cn1ccc(Nc2nc(Nc3ccc4[nH]ccc4c3)ncc2C=CS(=O)(=O)c2ccc(F)cc2F)n1.